The number of benzene rings is 2. The van der Waals surface area contributed by atoms with E-state index in [1.54, 1.807) is 30.6 Å². The highest BCUT2D eigenvalue weighted by Crippen LogP contribution is 2.25. The molecule has 5 nitrogen and oxygen atoms in total. The largest absolute Gasteiger partial charge is 0.434 e. The third kappa shape index (κ3) is 3.51. The number of anilines is 2. The Morgan fingerprint density at radius 3 is 2.48 bits per heavy atom. The Bertz CT molecular complexity index is 984. The average molecular weight is 349 g/mol. The molecular formula is C19H13ClN4O. The van der Waals surface area contributed by atoms with Crippen LogP contribution in [0.3, 0.4) is 0 Å². The van der Waals surface area contributed by atoms with Crippen molar-refractivity contribution in [2.24, 2.45) is 0 Å². The Labute approximate surface area is 149 Å². The van der Waals surface area contributed by atoms with Crippen LogP contribution in [0.25, 0.3) is 22.9 Å². The zero-order chi connectivity index (χ0) is 17.1. The molecule has 4 aromatic rings. The van der Waals surface area contributed by atoms with Gasteiger partial charge in [0.25, 0.3) is 0 Å². The van der Waals surface area contributed by atoms with E-state index in [9.17, 15) is 0 Å². The summed E-state index contributed by atoms with van der Waals surface area (Å²) in [7, 11) is 0. The number of nitrogens with one attached hydrogen (secondary N) is 1. The summed E-state index contributed by atoms with van der Waals surface area (Å²) in [5, 5.41) is 3.81. The molecule has 6 heteroatoms. The van der Waals surface area contributed by atoms with Crippen LogP contribution in [-0.2, 0) is 0 Å². The summed E-state index contributed by atoms with van der Waals surface area (Å²) in [6.45, 7) is 0. The van der Waals surface area contributed by atoms with E-state index in [-0.39, 0.29) is 0 Å². The summed E-state index contributed by atoms with van der Waals surface area (Å²) in [5.41, 5.74) is 2.42. The lowest BCUT2D eigenvalue weighted by Crippen LogP contribution is -1.97. The molecule has 0 aliphatic carbocycles. The Balaban J connectivity index is 1.59. The fraction of sp³-hybridized carbons (Fsp3) is 0. The van der Waals surface area contributed by atoms with Gasteiger partial charge < -0.3 is 9.73 Å². The number of nitrogens with zero attached hydrogens (tertiary/aromatic N) is 3. The first kappa shape index (κ1) is 15.4. The van der Waals surface area contributed by atoms with Crippen LogP contribution in [0.5, 0.6) is 0 Å². The quantitative estimate of drug-likeness (QED) is 0.549. The lowest BCUT2D eigenvalue weighted by Gasteiger charge is -2.05. The Hall–Kier alpha value is -3.18. The predicted molar refractivity (Wildman–Crippen MR) is 97.7 cm³/mol. The molecule has 2 aromatic carbocycles. The monoisotopic (exact) mass is 348 g/mol. The number of oxazole rings is 1. The molecule has 0 fully saturated rings. The number of hydrogen-bond acceptors (Lipinski definition) is 5. The van der Waals surface area contributed by atoms with E-state index in [2.05, 4.69) is 20.3 Å². The van der Waals surface area contributed by atoms with Crippen LogP contribution in [0.1, 0.15) is 0 Å². The van der Waals surface area contributed by atoms with Gasteiger partial charge in [-0.2, -0.15) is 0 Å². The summed E-state index contributed by atoms with van der Waals surface area (Å²) in [5.74, 6) is 1.61. The van der Waals surface area contributed by atoms with Crippen molar-refractivity contribution in [3.05, 3.63) is 78.1 Å². The summed E-state index contributed by atoms with van der Waals surface area (Å²) in [6, 6.07) is 18.8. The molecule has 0 saturated heterocycles. The molecule has 0 unspecified atom stereocenters. The lowest BCUT2D eigenvalue weighted by molar-refractivity contribution is 0.586. The van der Waals surface area contributed by atoms with Crippen LogP contribution in [0.2, 0.25) is 5.02 Å². The zero-order valence-electron chi connectivity index (χ0n) is 13.1. The first-order valence-electron chi connectivity index (χ1n) is 7.65. The highest BCUT2D eigenvalue weighted by Gasteiger charge is 2.10. The van der Waals surface area contributed by atoms with Gasteiger partial charge in [0.1, 0.15) is 5.69 Å². The normalized spacial score (nSPS) is 10.6. The summed E-state index contributed by atoms with van der Waals surface area (Å²) in [6.07, 6.45) is 3.34. The predicted octanol–water partition coefficient (Wildman–Crippen LogP) is 5.20. The van der Waals surface area contributed by atoms with Gasteiger partial charge in [-0.3, -0.25) is 0 Å². The molecule has 0 aliphatic rings. The van der Waals surface area contributed by atoms with Gasteiger partial charge in [-0.25, -0.2) is 15.0 Å². The minimum Gasteiger partial charge on any atom is -0.434 e. The minimum absolute atomic E-state index is 0.470. The van der Waals surface area contributed by atoms with Crippen LogP contribution in [0.4, 0.5) is 11.6 Å². The fourth-order valence-electron chi connectivity index (χ4n) is 2.33. The lowest BCUT2D eigenvalue weighted by atomic mass is 10.2. The van der Waals surface area contributed by atoms with Gasteiger partial charge in [0.05, 0.1) is 6.20 Å². The van der Waals surface area contributed by atoms with Crippen LogP contribution in [-0.4, -0.2) is 15.0 Å². The molecule has 0 atom stereocenters. The van der Waals surface area contributed by atoms with Gasteiger partial charge in [-0.15, -0.1) is 0 Å². The standard InChI is InChI=1S/C19H13ClN4O/c20-14-6-8-15(9-7-14)23-19-21-11-10-16(24-19)17-12-22-18(25-17)13-4-2-1-3-5-13/h1-12H,(H,21,23,24). The molecule has 122 valence electrons. The number of rotatable bonds is 4. The molecule has 0 amide bonds. The van der Waals surface area contributed by atoms with E-state index in [1.165, 1.54) is 0 Å². The number of hydrogen-bond donors (Lipinski definition) is 1. The van der Waals surface area contributed by atoms with Gasteiger partial charge in [0, 0.05) is 22.5 Å². The average Bonchev–Trinajstić information content (AvgIpc) is 3.15. The Kier molecular flexibility index (Phi) is 4.14. The van der Waals surface area contributed by atoms with Crippen molar-refractivity contribution < 1.29 is 4.42 Å². The van der Waals surface area contributed by atoms with Crippen LogP contribution < -0.4 is 5.32 Å². The molecular weight excluding hydrogens is 336 g/mol. The highest BCUT2D eigenvalue weighted by atomic mass is 35.5. The van der Waals surface area contributed by atoms with Crippen molar-refractivity contribution >= 4 is 23.2 Å². The third-order valence-corrected chi connectivity index (χ3v) is 3.79. The third-order valence-electron chi connectivity index (χ3n) is 3.53. The van der Waals surface area contributed by atoms with Crippen LogP contribution in [0, 0.1) is 0 Å². The van der Waals surface area contributed by atoms with E-state index in [0.29, 0.717) is 28.3 Å². The van der Waals surface area contributed by atoms with Crippen LogP contribution in [0.15, 0.2) is 77.5 Å². The minimum atomic E-state index is 0.470. The van der Waals surface area contributed by atoms with Crippen molar-refractivity contribution in [3.63, 3.8) is 0 Å². The van der Waals surface area contributed by atoms with Gasteiger partial charge >= 0.3 is 0 Å². The van der Waals surface area contributed by atoms with Gasteiger partial charge in [0.15, 0.2) is 5.76 Å². The van der Waals surface area contributed by atoms with Gasteiger partial charge in [-0.05, 0) is 42.5 Å². The van der Waals surface area contributed by atoms with Gasteiger partial charge in [0.2, 0.25) is 11.8 Å². The fourth-order valence-corrected chi connectivity index (χ4v) is 2.45. The van der Waals surface area contributed by atoms with Crippen molar-refractivity contribution in [1.29, 1.82) is 0 Å². The van der Waals surface area contributed by atoms with E-state index in [4.69, 9.17) is 16.0 Å². The zero-order valence-corrected chi connectivity index (χ0v) is 13.8. The second-order valence-electron chi connectivity index (χ2n) is 5.29. The van der Waals surface area contributed by atoms with Crippen molar-refractivity contribution in [2.75, 3.05) is 5.32 Å². The van der Waals surface area contributed by atoms with E-state index in [1.807, 2.05) is 42.5 Å². The molecule has 25 heavy (non-hydrogen) atoms. The molecule has 1 N–H and O–H groups in total. The summed E-state index contributed by atoms with van der Waals surface area (Å²) in [4.78, 5) is 13.0. The first-order chi connectivity index (χ1) is 12.3. The first-order valence-corrected chi connectivity index (χ1v) is 8.03. The van der Waals surface area contributed by atoms with Crippen LogP contribution >= 0.6 is 11.6 Å². The van der Waals surface area contributed by atoms with E-state index in [0.717, 1.165) is 11.3 Å². The number of aromatic nitrogens is 3. The Morgan fingerprint density at radius 2 is 1.68 bits per heavy atom. The molecule has 4 rings (SSSR count). The topological polar surface area (TPSA) is 63.8 Å². The summed E-state index contributed by atoms with van der Waals surface area (Å²) >= 11 is 5.89. The number of halogens is 1. The SMILES string of the molecule is Clc1ccc(Nc2nccc(-c3cnc(-c4ccccc4)o3)n2)cc1. The molecule has 0 spiro atoms. The maximum absolute atomic E-state index is 5.89. The molecule has 0 saturated carbocycles. The highest BCUT2D eigenvalue weighted by molar-refractivity contribution is 6.30. The molecule has 0 radical (unpaired) electrons. The van der Waals surface area contributed by atoms with Crippen molar-refractivity contribution in [1.82, 2.24) is 15.0 Å². The van der Waals surface area contributed by atoms with Crippen molar-refractivity contribution in [2.45, 2.75) is 0 Å². The molecule has 0 aliphatic heterocycles. The maximum atomic E-state index is 5.89. The van der Waals surface area contributed by atoms with E-state index < -0.39 is 0 Å². The second-order valence-corrected chi connectivity index (χ2v) is 5.73. The van der Waals surface area contributed by atoms with Crippen molar-refractivity contribution in [3.8, 4) is 22.9 Å². The molecule has 2 aromatic heterocycles. The molecule has 0 bridgehead atoms. The summed E-state index contributed by atoms with van der Waals surface area (Å²) < 4.78 is 5.83. The Morgan fingerprint density at radius 1 is 0.880 bits per heavy atom. The second kappa shape index (κ2) is 6.75. The van der Waals surface area contributed by atoms with E-state index >= 15 is 0 Å². The van der Waals surface area contributed by atoms with Gasteiger partial charge in [-0.1, -0.05) is 29.8 Å². The maximum Gasteiger partial charge on any atom is 0.227 e. The molecule has 2 heterocycles. The smallest absolute Gasteiger partial charge is 0.227 e.